The topological polar surface area (TPSA) is 75.8 Å². The van der Waals surface area contributed by atoms with Gasteiger partial charge in [-0.05, 0) is 42.3 Å². The van der Waals surface area contributed by atoms with Crippen LogP contribution in [-0.2, 0) is 10.3 Å². The molecule has 1 unspecified atom stereocenters. The standard InChI is InChI=1S/C19H16FN3O2/c1-19(10-17(25)23(2)18(21)22-19)15-5-3-4-12(8-15)13-6-7-14(11-24)16(20)9-13/h4,6-9,11H,10H2,1-2H3,(H2,21,22). The Balaban J connectivity index is 2.04. The van der Waals surface area contributed by atoms with Crippen LogP contribution in [0.15, 0.2) is 35.3 Å². The number of hydrogen-bond donors (Lipinski definition) is 1. The second-order valence-corrected chi connectivity index (χ2v) is 6.15. The van der Waals surface area contributed by atoms with Gasteiger partial charge in [0.15, 0.2) is 12.2 Å². The average Bonchev–Trinajstić information content (AvgIpc) is 2.59. The summed E-state index contributed by atoms with van der Waals surface area (Å²) in [5.74, 6) is -0.598. The first-order valence-corrected chi connectivity index (χ1v) is 7.65. The molecule has 0 saturated heterocycles. The number of hydrogen-bond acceptors (Lipinski definition) is 4. The van der Waals surface area contributed by atoms with E-state index >= 15 is 0 Å². The molecule has 0 aliphatic carbocycles. The predicted octanol–water partition coefficient (Wildman–Crippen LogP) is 2.30. The van der Waals surface area contributed by atoms with Crippen LogP contribution in [0.25, 0.3) is 11.1 Å². The van der Waals surface area contributed by atoms with Gasteiger partial charge in [0.25, 0.3) is 0 Å². The third kappa shape index (κ3) is 2.96. The zero-order chi connectivity index (χ0) is 18.2. The molecule has 2 aromatic rings. The zero-order valence-electron chi connectivity index (χ0n) is 13.8. The predicted molar refractivity (Wildman–Crippen MR) is 91.3 cm³/mol. The van der Waals surface area contributed by atoms with Crippen LogP contribution in [0.2, 0.25) is 0 Å². The smallest absolute Gasteiger partial charge is 0.231 e. The van der Waals surface area contributed by atoms with E-state index in [1.807, 2.05) is 0 Å². The van der Waals surface area contributed by atoms with E-state index in [0.29, 0.717) is 23.0 Å². The fourth-order valence-corrected chi connectivity index (χ4v) is 2.75. The largest absolute Gasteiger partial charge is 0.369 e. The van der Waals surface area contributed by atoms with E-state index < -0.39 is 11.4 Å². The van der Waals surface area contributed by atoms with Crippen LogP contribution in [0, 0.1) is 17.9 Å². The molecular weight excluding hydrogens is 321 g/mol. The molecule has 1 atom stereocenters. The Morgan fingerprint density at radius 1 is 1.36 bits per heavy atom. The van der Waals surface area contributed by atoms with Gasteiger partial charge < -0.3 is 5.73 Å². The Kier molecular flexibility index (Phi) is 4.01. The number of rotatable bonds is 3. The van der Waals surface area contributed by atoms with Gasteiger partial charge in [0.1, 0.15) is 11.4 Å². The van der Waals surface area contributed by atoms with Crippen LogP contribution in [0.1, 0.15) is 29.3 Å². The summed E-state index contributed by atoms with van der Waals surface area (Å²) in [5, 5.41) is 0. The highest BCUT2D eigenvalue weighted by Crippen LogP contribution is 2.33. The number of benzene rings is 1. The first kappa shape index (κ1) is 16.7. The Labute approximate surface area is 145 Å². The van der Waals surface area contributed by atoms with Crippen molar-refractivity contribution in [1.29, 1.82) is 0 Å². The molecule has 0 radical (unpaired) electrons. The quantitative estimate of drug-likeness (QED) is 0.873. The summed E-state index contributed by atoms with van der Waals surface area (Å²) in [7, 11) is 1.57. The minimum atomic E-state index is -0.860. The minimum Gasteiger partial charge on any atom is -0.369 e. The molecule has 0 aromatic heterocycles. The van der Waals surface area contributed by atoms with Crippen molar-refractivity contribution in [2.45, 2.75) is 18.9 Å². The van der Waals surface area contributed by atoms with E-state index in [-0.39, 0.29) is 23.9 Å². The molecule has 25 heavy (non-hydrogen) atoms. The van der Waals surface area contributed by atoms with Gasteiger partial charge in [-0.1, -0.05) is 18.2 Å². The molecule has 6 heteroatoms. The molecule has 2 N–H and O–H groups in total. The molecule has 1 aliphatic rings. The van der Waals surface area contributed by atoms with Crippen molar-refractivity contribution < 1.29 is 14.0 Å². The average molecular weight is 337 g/mol. The highest BCUT2D eigenvalue weighted by Gasteiger charge is 2.36. The lowest BCUT2D eigenvalue weighted by atomic mass is 9.87. The van der Waals surface area contributed by atoms with Crippen molar-refractivity contribution >= 4 is 18.2 Å². The molecule has 2 aromatic carbocycles. The van der Waals surface area contributed by atoms with Gasteiger partial charge >= 0.3 is 0 Å². The van der Waals surface area contributed by atoms with Gasteiger partial charge in [0.2, 0.25) is 5.91 Å². The van der Waals surface area contributed by atoms with Crippen LogP contribution in [0.4, 0.5) is 4.39 Å². The Bertz CT molecular complexity index is 894. The summed E-state index contributed by atoms with van der Waals surface area (Å²) in [6.07, 6.45) is 0.620. The maximum Gasteiger partial charge on any atom is 0.231 e. The lowest BCUT2D eigenvalue weighted by molar-refractivity contribution is -0.128. The number of carbonyl (C=O) groups is 2. The summed E-state index contributed by atoms with van der Waals surface area (Å²) < 4.78 is 13.9. The van der Waals surface area contributed by atoms with E-state index in [1.165, 1.54) is 17.0 Å². The van der Waals surface area contributed by atoms with E-state index in [0.717, 1.165) is 0 Å². The van der Waals surface area contributed by atoms with Crippen LogP contribution in [0.5, 0.6) is 0 Å². The number of aldehydes is 1. The number of guanidine groups is 1. The van der Waals surface area contributed by atoms with Crippen molar-refractivity contribution in [3.05, 3.63) is 59.4 Å². The number of halogens is 1. The number of amides is 1. The molecule has 126 valence electrons. The highest BCUT2D eigenvalue weighted by atomic mass is 19.1. The minimum absolute atomic E-state index is 0.000645. The monoisotopic (exact) mass is 337 g/mol. The van der Waals surface area contributed by atoms with Gasteiger partial charge in [0, 0.05) is 12.6 Å². The van der Waals surface area contributed by atoms with Crippen molar-refractivity contribution in [2.75, 3.05) is 7.05 Å². The molecule has 1 heterocycles. The number of nitrogens with two attached hydrogens (primary N) is 1. The van der Waals surface area contributed by atoms with Gasteiger partial charge in [-0.15, -0.1) is 0 Å². The molecule has 5 nitrogen and oxygen atoms in total. The Hall–Kier alpha value is -3.20. The second-order valence-electron chi connectivity index (χ2n) is 6.15. The molecule has 3 rings (SSSR count). The van der Waals surface area contributed by atoms with Gasteiger partial charge in [-0.25, -0.2) is 9.38 Å². The first-order chi connectivity index (χ1) is 11.8. The van der Waals surface area contributed by atoms with Crippen LogP contribution in [0.3, 0.4) is 0 Å². The van der Waals surface area contributed by atoms with Gasteiger partial charge in [-0.2, -0.15) is 0 Å². The van der Waals surface area contributed by atoms with E-state index in [4.69, 9.17) is 5.73 Å². The van der Waals surface area contributed by atoms with E-state index in [1.54, 1.807) is 32.2 Å². The van der Waals surface area contributed by atoms with Gasteiger partial charge in [-0.3, -0.25) is 14.5 Å². The van der Waals surface area contributed by atoms with E-state index in [2.05, 4.69) is 17.1 Å². The zero-order valence-corrected chi connectivity index (χ0v) is 13.8. The maximum absolute atomic E-state index is 13.9. The maximum atomic E-state index is 13.9. The summed E-state index contributed by atoms with van der Waals surface area (Å²) in [6, 6.07) is 13.7. The van der Waals surface area contributed by atoms with Crippen molar-refractivity contribution in [3.63, 3.8) is 0 Å². The third-order valence-corrected chi connectivity index (χ3v) is 4.35. The fraction of sp³-hybridized carbons (Fsp3) is 0.211. The van der Waals surface area contributed by atoms with Crippen LogP contribution in [-0.4, -0.2) is 30.1 Å². The SMILES string of the molecule is CN1C(=O)CC(C)(c2c#ccc(-c3ccc(C=O)c(F)c3)c2)N=C1N. The number of carbonyl (C=O) groups excluding carboxylic acids is 2. The van der Waals surface area contributed by atoms with Crippen molar-refractivity contribution in [1.82, 2.24) is 4.90 Å². The fourth-order valence-electron chi connectivity index (χ4n) is 2.75. The Morgan fingerprint density at radius 3 is 2.76 bits per heavy atom. The molecule has 0 bridgehead atoms. The van der Waals surface area contributed by atoms with Crippen LogP contribution < -0.4 is 5.73 Å². The number of nitrogens with zero attached hydrogens (tertiary/aromatic N) is 2. The van der Waals surface area contributed by atoms with Crippen molar-refractivity contribution in [3.8, 4) is 11.1 Å². The number of aliphatic imine (C=N–C) groups is 1. The summed E-state index contributed by atoms with van der Waals surface area (Å²) in [4.78, 5) is 28.6. The lowest BCUT2D eigenvalue weighted by Crippen LogP contribution is -2.47. The summed E-state index contributed by atoms with van der Waals surface area (Å²) >= 11 is 0. The Morgan fingerprint density at radius 2 is 2.12 bits per heavy atom. The van der Waals surface area contributed by atoms with Crippen molar-refractivity contribution in [2.24, 2.45) is 10.7 Å². The highest BCUT2D eigenvalue weighted by molar-refractivity contribution is 5.98. The molecular formula is C19H16FN3O2. The normalized spacial score (nSPS) is 20.0. The molecule has 0 fully saturated rings. The summed E-state index contributed by atoms with van der Waals surface area (Å²) in [6.45, 7) is 1.80. The molecule has 1 aliphatic heterocycles. The molecule has 1 amide bonds. The summed E-state index contributed by atoms with van der Waals surface area (Å²) in [5.41, 5.74) is 6.88. The van der Waals surface area contributed by atoms with E-state index in [9.17, 15) is 14.0 Å². The lowest BCUT2D eigenvalue weighted by Gasteiger charge is -2.32. The third-order valence-electron chi connectivity index (χ3n) is 4.35. The van der Waals surface area contributed by atoms with Crippen LogP contribution >= 0.6 is 0 Å². The molecule has 0 spiro atoms. The first-order valence-electron chi connectivity index (χ1n) is 7.65. The molecule has 0 saturated carbocycles. The van der Waals surface area contributed by atoms with Gasteiger partial charge in [0.05, 0.1) is 12.0 Å². The second kappa shape index (κ2) is 6.02.